The van der Waals surface area contributed by atoms with Crippen molar-refractivity contribution in [2.24, 2.45) is 0 Å². The van der Waals surface area contributed by atoms with E-state index in [9.17, 15) is 5.11 Å². The van der Waals surface area contributed by atoms with Gasteiger partial charge in [0.1, 0.15) is 12.4 Å². The van der Waals surface area contributed by atoms with Crippen molar-refractivity contribution in [2.75, 3.05) is 11.9 Å². The summed E-state index contributed by atoms with van der Waals surface area (Å²) in [6.07, 6.45) is 0.253. The molecule has 2 N–H and O–H groups in total. The quantitative estimate of drug-likeness (QED) is 0.696. The standard InChI is InChI=1S/C16H16BrNO2/c17-8-7-11(19)10-20-12-5-6-16-14(9-12)13-3-1-2-4-15(13)18-16/h1-6,9,11,18-19H,7-8,10H2. The van der Waals surface area contributed by atoms with E-state index >= 15 is 0 Å². The fourth-order valence-corrected chi connectivity index (χ4v) is 2.85. The lowest BCUT2D eigenvalue weighted by atomic mass is 10.1. The molecule has 0 saturated heterocycles. The van der Waals surface area contributed by atoms with Crippen LogP contribution in [-0.2, 0) is 0 Å². The maximum atomic E-state index is 9.69. The molecule has 0 bridgehead atoms. The number of aliphatic hydroxyl groups excluding tert-OH is 1. The van der Waals surface area contributed by atoms with Gasteiger partial charge in [-0.25, -0.2) is 0 Å². The highest BCUT2D eigenvalue weighted by molar-refractivity contribution is 9.09. The Kier molecular flexibility index (Phi) is 3.94. The second-order valence-electron chi connectivity index (χ2n) is 4.82. The third-order valence-corrected chi connectivity index (χ3v) is 3.82. The number of halogens is 1. The lowest BCUT2D eigenvalue weighted by Crippen LogP contribution is -2.17. The average Bonchev–Trinajstić information content (AvgIpc) is 2.83. The highest BCUT2D eigenvalue weighted by Gasteiger charge is 2.07. The summed E-state index contributed by atoms with van der Waals surface area (Å²) >= 11 is 3.31. The number of nitrogens with one attached hydrogen (secondary N) is 1. The van der Waals surface area contributed by atoms with Gasteiger partial charge in [-0.3, -0.25) is 0 Å². The van der Waals surface area contributed by atoms with E-state index in [0.717, 1.165) is 27.5 Å². The summed E-state index contributed by atoms with van der Waals surface area (Å²) in [6, 6.07) is 14.2. The maximum absolute atomic E-state index is 9.69. The van der Waals surface area contributed by atoms with E-state index in [1.54, 1.807) is 0 Å². The Morgan fingerprint density at radius 2 is 1.90 bits per heavy atom. The number of para-hydroxylation sites is 1. The van der Waals surface area contributed by atoms with Gasteiger partial charge in [-0.1, -0.05) is 34.1 Å². The molecule has 1 atom stereocenters. The van der Waals surface area contributed by atoms with Crippen molar-refractivity contribution >= 4 is 37.7 Å². The topological polar surface area (TPSA) is 45.2 Å². The number of benzene rings is 2. The summed E-state index contributed by atoms with van der Waals surface area (Å²) in [7, 11) is 0. The molecule has 0 spiro atoms. The fraction of sp³-hybridized carbons (Fsp3) is 0.250. The molecule has 0 amide bonds. The second kappa shape index (κ2) is 5.85. The summed E-state index contributed by atoms with van der Waals surface area (Å²) in [6.45, 7) is 0.319. The van der Waals surface area contributed by atoms with Crippen molar-refractivity contribution in [2.45, 2.75) is 12.5 Å². The Morgan fingerprint density at radius 3 is 2.75 bits per heavy atom. The first-order chi connectivity index (χ1) is 9.78. The molecule has 3 nitrogen and oxygen atoms in total. The largest absolute Gasteiger partial charge is 0.491 e. The normalized spacial score (nSPS) is 12.9. The van der Waals surface area contributed by atoms with Gasteiger partial charge in [0.15, 0.2) is 0 Å². The molecule has 3 aromatic rings. The van der Waals surface area contributed by atoms with E-state index in [0.29, 0.717) is 13.0 Å². The van der Waals surface area contributed by atoms with E-state index in [-0.39, 0.29) is 0 Å². The van der Waals surface area contributed by atoms with Crippen LogP contribution >= 0.6 is 15.9 Å². The zero-order valence-corrected chi connectivity index (χ0v) is 12.6. The molecule has 0 radical (unpaired) electrons. The van der Waals surface area contributed by atoms with Crippen molar-refractivity contribution < 1.29 is 9.84 Å². The SMILES string of the molecule is OC(CCBr)COc1ccc2[nH]c3ccccc3c2c1. The van der Waals surface area contributed by atoms with Crippen LogP contribution in [0.3, 0.4) is 0 Å². The van der Waals surface area contributed by atoms with Crippen LogP contribution < -0.4 is 4.74 Å². The van der Waals surface area contributed by atoms with Crippen molar-refractivity contribution in [3.05, 3.63) is 42.5 Å². The summed E-state index contributed by atoms with van der Waals surface area (Å²) in [5.74, 6) is 0.788. The Hall–Kier alpha value is -1.52. The predicted molar refractivity (Wildman–Crippen MR) is 85.7 cm³/mol. The van der Waals surface area contributed by atoms with Crippen molar-refractivity contribution in [3.8, 4) is 5.75 Å². The molecular weight excluding hydrogens is 318 g/mol. The summed E-state index contributed by atoms with van der Waals surface area (Å²) in [5, 5.41) is 12.8. The first kappa shape index (κ1) is 13.5. The molecule has 4 heteroatoms. The molecule has 0 aliphatic carbocycles. The van der Waals surface area contributed by atoms with E-state index in [4.69, 9.17) is 4.74 Å². The number of hydrogen-bond donors (Lipinski definition) is 2. The number of hydrogen-bond acceptors (Lipinski definition) is 2. The second-order valence-corrected chi connectivity index (χ2v) is 5.61. The molecule has 3 rings (SSSR count). The Balaban J connectivity index is 1.88. The summed E-state index contributed by atoms with van der Waals surface area (Å²) < 4.78 is 5.66. The molecular formula is C16H16BrNO2. The lowest BCUT2D eigenvalue weighted by molar-refractivity contribution is 0.105. The summed E-state index contributed by atoms with van der Waals surface area (Å²) in [4.78, 5) is 3.38. The van der Waals surface area contributed by atoms with Crippen LogP contribution in [0.5, 0.6) is 5.75 Å². The van der Waals surface area contributed by atoms with Crippen molar-refractivity contribution in [3.63, 3.8) is 0 Å². The molecule has 0 saturated carbocycles. The number of ether oxygens (including phenoxy) is 1. The van der Waals surface area contributed by atoms with E-state index < -0.39 is 6.10 Å². The molecule has 2 aromatic carbocycles. The number of fused-ring (bicyclic) bond motifs is 3. The van der Waals surface area contributed by atoms with Crippen LogP contribution in [0.4, 0.5) is 0 Å². The van der Waals surface area contributed by atoms with Gasteiger partial charge in [-0.2, -0.15) is 0 Å². The van der Waals surface area contributed by atoms with Crippen LogP contribution in [0, 0.1) is 0 Å². The monoisotopic (exact) mass is 333 g/mol. The Morgan fingerprint density at radius 1 is 1.10 bits per heavy atom. The molecule has 0 fully saturated rings. The number of aromatic nitrogens is 1. The lowest BCUT2D eigenvalue weighted by Gasteiger charge is -2.11. The highest BCUT2D eigenvalue weighted by atomic mass is 79.9. The van der Waals surface area contributed by atoms with Gasteiger partial charge in [-0.05, 0) is 30.7 Å². The smallest absolute Gasteiger partial charge is 0.120 e. The van der Waals surface area contributed by atoms with Gasteiger partial charge in [0.25, 0.3) is 0 Å². The van der Waals surface area contributed by atoms with E-state index in [1.165, 1.54) is 5.39 Å². The Labute approximate surface area is 125 Å². The minimum Gasteiger partial charge on any atom is -0.491 e. The highest BCUT2D eigenvalue weighted by Crippen LogP contribution is 2.28. The molecule has 0 aliphatic heterocycles. The number of alkyl halides is 1. The fourth-order valence-electron chi connectivity index (χ4n) is 2.32. The van der Waals surface area contributed by atoms with Gasteiger partial charge in [0, 0.05) is 27.1 Å². The van der Waals surface area contributed by atoms with Gasteiger partial charge < -0.3 is 14.8 Å². The number of rotatable bonds is 5. The molecule has 1 unspecified atom stereocenters. The molecule has 1 heterocycles. The van der Waals surface area contributed by atoms with Crippen LogP contribution in [0.15, 0.2) is 42.5 Å². The van der Waals surface area contributed by atoms with Crippen molar-refractivity contribution in [1.82, 2.24) is 4.98 Å². The molecule has 0 aliphatic rings. The number of H-pyrrole nitrogens is 1. The zero-order chi connectivity index (χ0) is 13.9. The van der Waals surface area contributed by atoms with Gasteiger partial charge in [0.2, 0.25) is 0 Å². The summed E-state index contributed by atoms with van der Waals surface area (Å²) in [5.41, 5.74) is 2.22. The minimum absolute atomic E-state index is 0.319. The predicted octanol–water partition coefficient (Wildman–Crippen LogP) is 3.85. The third kappa shape index (κ3) is 2.67. The molecule has 20 heavy (non-hydrogen) atoms. The van der Waals surface area contributed by atoms with Gasteiger partial charge in [0.05, 0.1) is 6.10 Å². The molecule has 1 aromatic heterocycles. The Bertz CT molecular complexity index is 723. The number of aromatic amines is 1. The van der Waals surface area contributed by atoms with Crippen LogP contribution in [0.25, 0.3) is 21.8 Å². The van der Waals surface area contributed by atoms with Crippen LogP contribution in [0.2, 0.25) is 0 Å². The first-order valence-corrected chi connectivity index (χ1v) is 7.77. The van der Waals surface area contributed by atoms with E-state index in [2.05, 4.69) is 33.0 Å². The average molecular weight is 334 g/mol. The maximum Gasteiger partial charge on any atom is 0.120 e. The third-order valence-electron chi connectivity index (χ3n) is 3.36. The molecule has 104 valence electrons. The number of aliphatic hydroxyl groups is 1. The van der Waals surface area contributed by atoms with Crippen LogP contribution in [-0.4, -0.2) is 28.1 Å². The van der Waals surface area contributed by atoms with Gasteiger partial charge in [-0.15, -0.1) is 0 Å². The van der Waals surface area contributed by atoms with Gasteiger partial charge >= 0.3 is 0 Å². The first-order valence-electron chi connectivity index (χ1n) is 6.65. The van der Waals surface area contributed by atoms with Crippen molar-refractivity contribution in [1.29, 1.82) is 0 Å². The van der Waals surface area contributed by atoms with E-state index in [1.807, 2.05) is 30.3 Å². The van der Waals surface area contributed by atoms with Crippen LogP contribution in [0.1, 0.15) is 6.42 Å². The zero-order valence-electron chi connectivity index (χ0n) is 11.0. The minimum atomic E-state index is -0.437.